The number of anilines is 1. The summed E-state index contributed by atoms with van der Waals surface area (Å²) in [4.78, 5) is 73.2. The average molecular weight is 760 g/mol. The molecule has 288 valence electrons. The van der Waals surface area contributed by atoms with E-state index in [4.69, 9.17) is 29.5 Å². The molecule has 18 nitrogen and oxygen atoms in total. The van der Waals surface area contributed by atoms with E-state index in [0.717, 1.165) is 11.3 Å². The van der Waals surface area contributed by atoms with Crippen molar-refractivity contribution in [2.45, 2.75) is 91.8 Å². The smallest absolute Gasteiger partial charge is 0.413 e. The molecule has 1 aliphatic heterocycles. The minimum absolute atomic E-state index is 0.0502. The number of thiazole rings is 1. The third-order valence-electron chi connectivity index (χ3n) is 7.05. The van der Waals surface area contributed by atoms with Crippen LogP contribution in [0.1, 0.15) is 68.0 Å². The number of benzene rings is 1. The highest BCUT2D eigenvalue weighted by atomic mass is 32.1. The largest absolute Gasteiger partial charge is 0.489 e. The molecule has 0 bridgehead atoms. The number of ether oxygens (including phenoxy) is 4. The molecule has 3 amide bonds. The second-order valence-electron chi connectivity index (χ2n) is 15.4. The van der Waals surface area contributed by atoms with E-state index in [1.54, 1.807) is 91.4 Å². The maximum absolute atomic E-state index is 13.1. The van der Waals surface area contributed by atoms with Crippen LogP contribution in [0.25, 0.3) is 10.9 Å². The Bertz CT molecular complexity index is 1890. The first-order valence-electron chi connectivity index (χ1n) is 16.5. The van der Waals surface area contributed by atoms with Gasteiger partial charge in [-0.3, -0.25) is 14.8 Å². The Morgan fingerprint density at radius 3 is 2.23 bits per heavy atom. The Balaban J connectivity index is 1.47. The van der Waals surface area contributed by atoms with Crippen molar-refractivity contribution >= 4 is 63.1 Å². The molecule has 53 heavy (non-hydrogen) atoms. The fourth-order valence-electron chi connectivity index (χ4n) is 4.83. The second-order valence-corrected chi connectivity index (χ2v) is 16.2. The van der Waals surface area contributed by atoms with Crippen LogP contribution in [0, 0.1) is 5.41 Å². The van der Waals surface area contributed by atoms with E-state index < -0.39 is 70.7 Å². The van der Waals surface area contributed by atoms with E-state index in [1.807, 2.05) is 0 Å². The zero-order valence-electron chi connectivity index (χ0n) is 31.0. The Morgan fingerprint density at radius 1 is 1.00 bits per heavy atom. The van der Waals surface area contributed by atoms with Crippen molar-refractivity contribution in [2.75, 3.05) is 25.0 Å². The van der Waals surface area contributed by atoms with Crippen LogP contribution >= 0.6 is 11.3 Å². The molecule has 4 rings (SSSR count). The van der Waals surface area contributed by atoms with Crippen molar-refractivity contribution in [2.24, 2.45) is 16.3 Å². The molecular formula is C34H45N7O11S. The number of carboxylic acids is 1. The van der Waals surface area contributed by atoms with Crippen LogP contribution in [-0.4, -0.2) is 103 Å². The van der Waals surface area contributed by atoms with Crippen LogP contribution in [0.2, 0.25) is 0 Å². The number of aromatic nitrogens is 3. The normalized spacial score (nSPS) is 15.2. The van der Waals surface area contributed by atoms with Crippen LogP contribution in [0.5, 0.6) is 5.75 Å². The first kappa shape index (κ1) is 40.3. The van der Waals surface area contributed by atoms with E-state index in [0.29, 0.717) is 16.7 Å². The van der Waals surface area contributed by atoms with Gasteiger partial charge in [-0.25, -0.2) is 24.2 Å². The summed E-state index contributed by atoms with van der Waals surface area (Å²) >= 11 is 0.930. The number of nitrogens with zero attached hydrogens (tertiary/aromatic N) is 5. The number of carboxylic acid groups (broad SMARTS) is 1. The summed E-state index contributed by atoms with van der Waals surface area (Å²) in [5.41, 5.74) is 2.12. The summed E-state index contributed by atoms with van der Waals surface area (Å²) < 4.78 is 23.5. The summed E-state index contributed by atoms with van der Waals surface area (Å²) in [6.45, 7) is 15.1. The van der Waals surface area contributed by atoms with Crippen LogP contribution in [0.4, 0.5) is 14.7 Å². The monoisotopic (exact) mass is 759 g/mol. The molecule has 0 radical (unpaired) electrons. The number of likely N-dealkylation sites (tertiary alicyclic amines) is 1. The third kappa shape index (κ3) is 11.3. The molecule has 1 fully saturated rings. The highest BCUT2D eigenvalue weighted by Crippen LogP contribution is 2.34. The minimum Gasteiger partial charge on any atom is -0.489 e. The van der Waals surface area contributed by atoms with Gasteiger partial charge in [0.2, 0.25) is 11.6 Å². The fraction of sp³-hybridized carbons (Fsp3) is 0.529. The number of carbonyl (C=O) groups is 5. The van der Waals surface area contributed by atoms with Crippen LogP contribution in [0.3, 0.4) is 0 Å². The van der Waals surface area contributed by atoms with Gasteiger partial charge in [0.25, 0.3) is 6.10 Å². The zero-order valence-corrected chi connectivity index (χ0v) is 31.9. The van der Waals surface area contributed by atoms with Gasteiger partial charge < -0.3 is 39.5 Å². The number of nitrogens with one attached hydrogen (secondary N) is 1. The number of aliphatic carboxylic acids is 1. The second kappa shape index (κ2) is 15.3. The average Bonchev–Trinajstić information content (AvgIpc) is 3.59. The molecule has 0 spiro atoms. The van der Waals surface area contributed by atoms with Crippen molar-refractivity contribution in [1.82, 2.24) is 19.7 Å². The van der Waals surface area contributed by atoms with E-state index in [-0.39, 0.29) is 30.5 Å². The molecule has 0 unspecified atom stereocenters. The highest BCUT2D eigenvalue weighted by molar-refractivity contribution is 7.14. The first-order chi connectivity index (χ1) is 24.4. The van der Waals surface area contributed by atoms with Gasteiger partial charge in [0.15, 0.2) is 5.13 Å². The number of primary amides is 1. The Kier molecular flexibility index (Phi) is 11.6. The Labute approximate surface area is 309 Å². The Morgan fingerprint density at radius 2 is 1.64 bits per heavy atom. The van der Waals surface area contributed by atoms with Gasteiger partial charge >= 0.3 is 24.1 Å². The summed E-state index contributed by atoms with van der Waals surface area (Å²) in [6, 6.07) is 4.92. The van der Waals surface area contributed by atoms with Gasteiger partial charge in [0.05, 0.1) is 12.1 Å². The highest BCUT2D eigenvalue weighted by Gasteiger charge is 2.51. The molecule has 1 atom stereocenters. The Hall–Kier alpha value is -5.46. The number of fused-ring (bicyclic) bond motifs is 1. The SMILES string of the molecule is CC(C)(C)OC(=O)Nc1nc(/C(=N/O[C@@H](COc2ccc3nn(CC4(C(N)=O)CN(C(=O)OC(C)(C)C)C4)cc3c2)C(=O)OC(C)(C)C)C(=O)O)cs1. The molecule has 1 aromatic carbocycles. The molecule has 3 aromatic rings. The lowest BCUT2D eigenvalue weighted by Gasteiger charge is -2.47. The predicted octanol–water partition coefficient (Wildman–Crippen LogP) is 4.16. The maximum atomic E-state index is 13.1. The number of carbonyl (C=O) groups excluding carboxylic acids is 4. The van der Waals surface area contributed by atoms with Gasteiger partial charge in [-0.05, 0) is 80.5 Å². The predicted molar refractivity (Wildman–Crippen MR) is 192 cm³/mol. The third-order valence-corrected chi connectivity index (χ3v) is 7.81. The molecule has 3 heterocycles. The van der Waals surface area contributed by atoms with Gasteiger partial charge in [-0.1, -0.05) is 5.16 Å². The lowest BCUT2D eigenvalue weighted by atomic mass is 9.79. The van der Waals surface area contributed by atoms with Crippen LogP contribution in [-0.2, 0) is 40.0 Å². The van der Waals surface area contributed by atoms with Crippen molar-refractivity contribution < 1.29 is 52.9 Å². The standard InChI is InChI=1S/C34H45N7O11S/c1-31(2,3)49-26(44)23(52-39-24(25(42)43)22-15-53-28(36-22)37-29(46)50-32(4,5)6)14-48-20-10-11-21-19(12-20)13-41(38-21)18-34(27(35)45)16-40(17-34)30(47)51-33(7,8)9/h10-13,15,23H,14,16-18H2,1-9H3,(H2,35,45)(H,42,43)(H,36,37,46)/b39-24-/t23-/m0/s1. The lowest BCUT2D eigenvalue weighted by molar-refractivity contribution is -0.170. The van der Waals surface area contributed by atoms with Crippen molar-refractivity contribution in [3.63, 3.8) is 0 Å². The number of esters is 1. The number of nitrogens with two attached hydrogens (primary N) is 1. The summed E-state index contributed by atoms with van der Waals surface area (Å²) in [7, 11) is 0. The number of hydrogen-bond acceptors (Lipinski definition) is 14. The number of rotatable bonds is 12. The molecule has 0 saturated carbocycles. The van der Waals surface area contributed by atoms with Gasteiger partial charge in [0.1, 0.15) is 40.3 Å². The number of oxime groups is 1. The number of amides is 3. The van der Waals surface area contributed by atoms with Crippen LogP contribution < -0.4 is 15.8 Å². The summed E-state index contributed by atoms with van der Waals surface area (Å²) in [5, 5.41) is 22.5. The topological polar surface area (TPSA) is 236 Å². The van der Waals surface area contributed by atoms with Crippen molar-refractivity contribution in [3.8, 4) is 5.75 Å². The molecule has 1 saturated heterocycles. The molecule has 2 aromatic heterocycles. The van der Waals surface area contributed by atoms with Crippen molar-refractivity contribution in [3.05, 3.63) is 35.5 Å². The summed E-state index contributed by atoms with van der Waals surface area (Å²) in [5.74, 6) is -2.65. The molecule has 0 aliphatic carbocycles. The first-order valence-corrected chi connectivity index (χ1v) is 17.3. The molecular weight excluding hydrogens is 714 g/mol. The maximum Gasteiger partial charge on any atom is 0.413 e. The van der Waals surface area contributed by atoms with Gasteiger partial charge in [0, 0.05) is 30.1 Å². The fourth-order valence-corrected chi connectivity index (χ4v) is 5.51. The van der Waals surface area contributed by atoms with E-state index in [9.17, 15) is 29.1 Å². The van der Waals surface area contributed by atoms with E-state index in [2.05, 4.69) is 20.6 Å². The minimum atomic E-state index is -1.51. The molecule has 4 N–H and O–H groups in total. The van der Waals surface area contributed by atoms with E-state index in [1.165, 1.54) is 10.3 Å². The van der Waals surface area contributed by atoms with Crippen LogP contribution in [0.15, 0.2) is 34.9 Å². The lowest BCUT2D eigenvalue weighted by Crippen LogP contribution is -2.66. The summed E-state index contributed by atoms with van der Waals surface area (Å²) in [6.07, 6.45) is -1.14. The molecule has 19 heteroatoms. The quantitative estimate of drug-likeness (QED) is 0.102. The van der Waals surface area contributed by atoms with Gasteiger partial charge in [-0.15, -0.1) is 11.3 Å². The zero-order chi connectivity index (χ0) is 39.5. The van der Waals surface area contributed by atoms with Gasteiger partial charge in [-0.2, -0.15) is 5.10 Å². The number of hydrogen-bond donors (Lipinski definition) is 3. The molecule has 1 aliphatic rings. The van der Waals surface area contributed by atoms with Crippen molar-refractivity contribution in [1.29, 1.82) is 0 Å². The van der Waals surface area contributed by atoms with E-state index >= 15 is 0 Å².